The van der Waals surface area contributed by atoms with Gasteiger partial charge in [-0.15, -0.1) is 0 Å². The molecule has 19 heavy (non-hydrogen) atoms. The molecule has 0 radical (unpaired) electrons. The van der Waals surface area contributed by atoms with Crippen molar-refractivity contribution in [1.29, 1.82) is 0 Å². The van der Waals surface area contributed by atoms with Crippen molar-refractivity contribution in [1.82, 2.24) is 5.32 Å². The van der Waals surface area contributed by atoms with Gasteiger partial charge in [0.05, 0.1) is 4.47 Å². The van der Waals surface area contributed by atoms with Crippen LogP contribution in [0.2, 0.25) is 0 Å². The minimum Gasteiger partial charge on any atom is -0.491 e. The van der Waals surface area contributed by atoms with E-state index in [9.17, 15) is 0 Å². The second-order valence-electron chi connectivity index (χ2n) is 5.25. The van der Waals surface area contributed by atoms with E-state index in [1.807, 2.05) is 18.2 Å². The molecule has 0 spiro atoms. The third-order valence-corrected chi connectivity index (χ3v) is 4.04. The van der Waals surface area contributed by atoms with Gasteiger partial charge in [-0.3, -0.25) is 0 Å². The Morgan fingerprint density at radius 3 is 2.53 bits per heavy atom. The molecule has 1 unspecified atom stereocenters. The molecule has 1 atom stereocenters. The van der Waals surface area contributed by atoms with Crippen LogP contribution in [0.15, 0.2) is 27.1 Å². The molecule has 0 amide bonds. The first kappa shape index (κ1) is 17.0. The number of halogens is 2. The van der Waals surface area contributed by atoms with Gasteiger partial charge < -0.3 is 10.1 Å². The van der Waals surface area contributed by atoms with Crippen LogP contribution in [0.3, 0.4) is 0 Å². The lowest BCUT2D eigenvalue weighted by atomic mass is 10.0. The summed E-state index contributed by atoms with van der Waals surface area (Å²) in [6.07, 6.45) is 2.49. The average Bonchev–Trinajstić information content (AvgIpc) is 2.34. The van der Waals surface area contributed by atoms with Gasteiger partial charge in [-0.05, 0) is 59.8 Å². The van der Waals surface area contributed by atoms with E-state index in [-0.39, 0.29) is 0 Å². The normalized spacial score (nSPS) is 12.7. The summed E-state index contributed by atoms with van der Waals surface area (Å²) < 4.78 is 7.77. The maximum atomic E-state index is 5.74. The first-order valence-corrected chi connectivity index (χ1v) is 8.39. The summed E-state index contributed by atoms with van der Waals surface area (Å²) in [6.45, 7) is 8.33. The van der Waals surface area contributed by atoms with Crippen molar-refractivity contribution in [3.8, 4) is 5.75 Å². The van der Waals surface area contributed by atoms with Gasteiger partial charge in [0.25, 0.3) is 0 Å². The molecule has 1 aromatic rings. The minimum atomic E-state index is 0.555. The maximum Gasteiger partial charge on any atom is 0.133 e. The van der Waals surface area contributed by atoms with Crippen LogP contribution in [0, 0.1) is 5.92 Å². The van der Waals surface area contributed by atoms with Gasteiger partial charge in [0.2, 0.25) is 0 Å². The van der Waals surface area contributed by atoms with E-state index < -0.39 is 0 Å². The third kappa shape index (κ3) is 7.33. The van der Waals surface area contributed by atoms with Crippen molar-refractivity contribution < 1.29 is 4.74 Å². The highest BCUT2D eigenvalue weighted by molar-refractivity contribution is 9.11. The summed E-state index contributed by atoms with van der Waals surface area (Å²) in [5.74, 6) is 1.67. The Labute approximate surface area is 133 Å². The zero-order valence-corrected chi connectivity index (χ0v) is 15.1. The number of nitrogens with one attached hydrogen (secondary N) is 1. The zero-order valence-electron chi connectivity index (χ0n) is 11.9. The number of ether oxygens (including phenoxy) is 1. The SMILES string of the molecule is CC(C)CCC(C)NCCOc1ccc(Br)cc1Br. The Kier molecular flexibility index (Phi) is 8.03. The van der Waals surface area contributed by atoms with Crippen LogP contribution in [0.5, 0.6) is 5.75 Å². The van der Waals surface area contributed by atoms with E-state index in [1.54, 1.807) is 0 Å². The highest BCUT2D eigenvalue weighted by Gasteiger charge is 2.04. The van der Waals surface area contributed by atoms with Crippen LogP contribution in [-0.2, 0) is 0 Å². The van der Waals surface area contributed by atoms with Crippen LogP contribution in [-0.4, -0.2) is 19.2 Å². The van der Waals surface area contributed by atoms with Gasteiger partial charge in [0.15, 0.2) is 0 Å². The van der Waals surface area contributed by atoms with E-state index in [0.29, 0.717) is 12.6 Å². The zero-order chi connectivity index (χ0) is 14.3. The fraction of sp³-hybridized carbons (Fsp3) is 0.600. The lowest BCUT2D eigenvalue weighted by Gasteiger charge is -2.15. The molecule has 0 fully saturated rings. The van der Waals surface area contributed by atoms with E-state index in [4.69, 9.17) is 4.74 Å². The molecule has 4 heteroatoms. The highest BCUT2D eigenvalue weighted by atomic mass is 79.9. The molecule has 0 heterocycles. The Balaban J connectivity index is 2.20. The molecule has 0 aliphatic heterocycles. The van der Waals surface area contributed by atoms with Crippen LogP contribution >= 0.6 is 31.9 Å². The molecule has 0 saturated heterocycles. The van der Waals surface area contributed by atoms with Crippen molar-refractivity contribution in [2.24, 2.45) is 5.92 Å². The second kappa shape index (κ2) is 8.98. The summed E-state index contributed by atoms with van der Waals surface area (Å²) in [6, 6.07) is 6.50. The van der Waals surface area contributed by atoms with Gasteiger partial charge in [-0.1, -0.05) is 29.8 Å². The lowest BCUT2D eigenvalue weighted by molar-refractivity contribution is 0.301. The maximum absolute atomic E-state index is 5.74. The molecule has 0 bridgehead atoms. The summed E-state index contributed by atoms with van der Waals surface area (Å²) in [4.78, 5) is 0. The number of hydrogen-bond donors (Lipinski definition) is 1. The summed E-state index contributed by atoms with van der Waals surface area (Å²) in [5, 5.41) is 3.49. The van der Waals surface area contributed by atoms with Gasteiger partial charge in [-0.2, -0.15) is 0 Å². The molecule has 1 N–H and O–H groups in total. The molecule has 0 aliphatic rings. The number of benzene rings is 1. The quantitative estimate of drug-likeness (QED) is 0.628. The van der Waals surface area contributed by atoms with E-state index in [2.05, 4.69) is 57.9 Å². The summed E-state index contributed by atoms with van der Waals surface area (Å²) in [5.41, 5.74) is 0. The standard InChI is InChI=1S/C15H23Br2NO/c1-11(2)4-5-12(3)18-8-9-19-15-7-6-13(16)10-14(15)17/h6-7,10-12,18H,4-5,8-9H2,1-3H3. The fourth-order valence-electron chi connectivity index (χ4n) is 1.74. The van der Waals surface area contributed by atoms with Crippen molar-refractivity contribution in [2.45, 2.75) is 39.7 Å². The van der Waals surface area contributed by atoms with Crippen molar-refractivity contribution in [3.05, 3.63) is 27.1 Å². The van der Waals surface area contributed by atoms with Crippen LogP contribution < -0.4 is 10.1 Å². The van der Waals surface area contributed by atoms with Gasteiger partial charge in [0.1, 0.15) is 12.4 Å². The van der Waals surface area contributed by atoms with Crippen molar-refractivity contribution in [3.63, 3.8) is 0 Å². The molecule has 0 aromatic heterocycles. The Bertz CT molecular complexity index is 382. The van der Waals surface area contributed by atoms with Crippen molar-refractivity contribution in [2.75, 3.05) is 13.2 Å². The highest BCUT2D eigenvalue weighted by Crippen LogP contribution is 2.27. The predicted molar refractivity (Wildman–Crippen MR) is 88.9 cm³/mol. The molecular weight excluding hydrogens is 370 g/mol. The molecule has 108 valence electrons. The molecule has 0 aliphatic carbocycles. The van der Waals surface area contributed by atoms with Crippen molar-refractivity contribution >= 4 is 31.9 Å². The average molecular weight is 393 g/mol. The van der Waals surface area contributed by atoms with Crippen LogP contribution in [0.1, 0.15) is 33.6 Å². The second-order valence-corrected chi connectivity index (χ2v) is 7.02. The topological polar surface area (TPSA) is 21.3 Å². The molecule has 1 rings (SSSR count). The van der Waals surface area contributed by atoms with Gasteiger partial charge in [-0.25, -0.2) is 0 Å². The van der Waals surface area contributed by atoms with Crippen LogP contribution in [0.25, 0.3) is 0 Å². The Hall–Kier alpha value is -0.0600. The summed E-state index contributed by atoms with van der Waals surface area (Å²) in [7, 11) is 0. The monoisotopic (exact) mass is 391 g/mol. The lowest BCUT2D eigenvalue weighted by Crippen LogP contribution is -2.30. The number of rotatable bonds is 8. The molecule has 1 aromatic carbocycles. The first-order valence-electron chi connectivity index (χ1n) is 6.80. The fourth-order valence-corrected chi connectivity index (χ4v) is 2.91. The molecule has 0 saturated carbocycles. The van der Waals surface area contributed by atoms with E-state index in [0.717, 1.165) is 27.2 Å². The minimum absolute atomic E-state index is 0.555. The third-order valence-electron chi connectivity index (χ3n) is 2.92. The molecular formula is C15H23Br2NO. The Morgan fingerprint density at radius 2 is 1.89 bits per heavy atom. The van der Waals surface area contributed by atoms with Crippen LogP contribution in [0.4, 0.5) is 0 Å². The number of hydrogen-bond acceptors (Lipinski definition) is 2. The Morgan fingerprint density at radius 1 is 1.16 bits per heavy atom. The van der Waals surface area contributed by atoms with E-state index in [1.165, 1.54) is 12.8 Å². The largest absolute Gasteiger partial charge is 0.491 e. The van der Waals surface area contributed by atoms with Gasteiger partial charge in [0, 0.05) is 17.1 Å². The molecule has 2 nitrogen and oxygen atoms in total. The first-order chi connectivity index (χ1) is 8.99. The summed E-state index contributed by atoms with van der Waals surface area (Å²) >= 11 is 6.92. The van der Waals surface area contributed by atoms with Gasteiger partial charge >= 0.3 is 0 Å². The predicted octanol–water partition coefficient (Wildman–Crippen LogP) is 5.00. The smallest absolute Gasteiger partial charge is 0.133 e. The van der Waals surface area contributed by atoms with E-state index >= 15 is 0 Å².